The Balaban J connectivity index is 1.64. The summed E-state index contributed by atoms with van der Waals surface area (Å²) in [5, 5.41) is 57.1. The van der Waals surface area contributed by atoms with Crippen LogP contribution < -0.4 is 15.8 Å². The van der Waals surface area contributed by atoms with Crippen LogP contribution in [-0.2, 0) is 14.8 Å². The molecule has 2 aromatic rings. The highest BCUT2D eigenvalue weighted by Crippen LogP contribution is 2.32. The normalized spacial score (nSPS) is 26.9. The van der Waals surface area contributed by atoms with Gasteiger partial charge in [0.15, 0.2) is 5.11 Å². The van der Waals surface area contributed by atoms with Crippen LogP contribution in [0.25, 0.3) is 0 Å². The number of hydrogen-bond acceptors (Lipinski definition) is 11. The minimum Gasteiger partial charge on any atom is -0.394 e. The molecule has 0 radical (unpaired) electrons. The monoisotopic (exact) mass is 477 g/mol. The van der Waals surface area contributed by atoms with Gasteiger partial charge in [-0.3, -0.25) is 0 Å². The fourth-order valence-corrected chi connectivity index (χ4v) is 4.38. The van der Waals surface area contributed by atoms with Crippen LogP contribution in [0.4, 0.5) is 10.8 Å². The molecule has 15 heteroatoms. The van der Waals surface area contributed by atoms with Crippen molar-refractivity contribution < 1.29 is 33.6 Å². The van der Waals surface area contributed by atoms with Gasteiger partial charge in [-0.05, 0) is 29.9 Å². The number of aliphatic hydroxyl groups is 4. The molecule has 1 aliphatic heterocycles. The number of nitrogens with two attached hydrogens (primary N) is 1. The van der Waals surface area contributed by atoms with Gasteiger partial charge in [0.05, 0.1) is 6.61 Å². The number of aliphatic hydroxyl groups excluding tert-OH is 4. The van der Waals surface area contributed by atoms with Crippen LogP contribution in [0, 0.1) is 0 Å². The Morgan fingerprint density at radius 2 is 1.80 bits per heavy atom. The van der Waals surface area contributed by atoms with Crippen LogP contribution >= 0.6 is 23.6 Å². The standard InChI is InChI=1S/C15H19N5O7S3/c16-30(25,26)15-20-19-14(29-15)18-13(28)17-7-3-1-6(2-4-7)12-11(24)10(23)9(22)8(5-21)27-12/h1-4,8-12,21-24H,5H2,(H2,16,25,26)(H2,17,18,19,28)/t8-,9-,10+,11+,12-/m1/s1. The summed E-state index contributed by atoms with van der Waals surface area (Å²) in [6.07, 6.45) is -6.23. The molecule has 0 amide bonds. The van der Waals surface area contributed by atoms with Crippen molar-refractivity contribution in [2.45, 2.75) is 34.9 Å². The van der Waals surface area contributed by atoms with E-state index in [0.717, 1.165) is 11.3 Å². The van der Waals surface area contributed by atoms with E-state index in [0.29, 0.717) is 11.3 Å². The number of nitrogens with zero attached hydrogens (tertiary/aromatic N) is 2. The molecule has 0 bridgehead atoms. The van der Waals surface area contributed by atoms with Crippen molar-refractivity contribution in [3.8, 4) is 0 Å². The Kier molecular flexibility index (Phi) is 6.95. The summed E-state index contributed by atoms with van der Waals surface area (Å²) in [6, 6.07) is 6.48. The molecule has 2 heterocycles. The smallest absolute Gasteiger partial charge is 0.267 e. The molecule has 1 aromatic carbocycles. The highest BCUT2D eigenvalue weighted by molar-refractivity contribution is 7.91. The molecule has 0 spiro atoms. The topological polar surface area (TPSA) is 200 Å². The highest BCUT2D eigenvalue weighted by Gasteiger charge is 2.43. The van der Waals surface area contributed by atoms with Crippen molar-refractivity contribution in [2.24, 2.45) is 5.14 Å². The second kappa shape index (κ2) is 9.13. The van der Waals surface area contributed by atoms with Crippen LogP contribution in [0.2, 0.25) is 0 Å². The summed E-state index contributed by atoms with van der Waals surface area (Å²) in [4.78, 5) is 0. The van der Waals surface area contributed by atoms with Gasteiger partial charge in [0.2, 0.25) is 9.47 Å². The molecule has 5 atom stereocenters. The second-order valence-corrected chi connectivity index (χ2v) is 9.49. The molecular weight excluding hydrogens is 458 g/mol. The van der Waals surface area contributed by atoms with Gasteiger partial charge in [-0.15, -0.1) is 10.2 Å². The van der Waals surface area contributed by atoms with E-state index in [4.69, 9.17) is 22.1 Å². The second-order valence-electron chi connectivity index (χ2n) is 6.37. The van der Waals surface area contributed by atoms with E-state index in [1.807, 2.05) is 0 Å². The van der Waals surface area contributed by atoms with Crippen molar-refractivity contribution in [3.63, 3.8) is 0 Å². The number of sulfonamides is 1. The minimum atomic E-state index is -3.95. The maximum Gasteiger partial charge on any atom is 0.267 e. The summed E-state index contributed by atoms with van der Waals surface area (Å²) in [7, 11) is -3.95. The minimum absolute atomic E-state index is 0.118. The number of aromatic nitrogens is 2. The molecule has 12 nitrogen and oxygen atoms in total. The Morgan fingerprint density at radius 1 is 1.13 bits per heavy atom. The third-order valence-corrected chi connectivity index (χ3v) is 6.61. The number of primary sulfonamides is 1. The first kappa shape index (κ1) is 22.9. The van der Waals surface area contributed by atoms with E-state index in [-0.39, 0.29) is 14.6 Å². The van der Waals surface area contributed by atoms with Crippen molar-refractivity contribution in [1.29, 1.82) is 0 Å². The van der Waals surface area contributed by atoms with Crippen molar-refractivity contribution in [1.82, 2.24) is 10.2 Å². The quantitative estimate of drug-likeness (QED) is 0.246. The lowest BCUT2D eigenvalue weighted by molar-refractivity contribution is -0.231. The van der Waals surface area contributed by atoms with E-state index in [2.05, 4.69) is 20.8 Å². The van der Waals surface area contributed by atoms with E-state index >= 15 is 0 Å². The van der Waals surface area contributed by atoms with E-state index in [1.54, 1.807) is 24.3 Å². The molecule has 164 valence electrons. The number of hydrogen-bond donors (Lipinski definition) is 7. The number of thiocarbonyl (C=S) groups is 1. The van der Waals surface area contributed by atoms with Crippen molar-refractivity contribution in [2.75, 3.05) is 17.2 Å². The van der Waals surface area contributed by atoms with Gasteiger partial charge >= 0.3 is 0 Å². The Labute approximate surface area is 180 Å². The van der Waals surface area contributed by atoms with Gasteiger partial charge in [0.1, 0.15) is 30.5 Å². The third-order valence-electron chi connectivity index (χ3n) is 4.26. The lowest BCUT2D eigenvalue weighted by Gasteiger charge is -2.40. The number of rotatable bonds is 5. The van der Waals surface area contributed by atoms with E-state index in [9.17, 15) is 28.8 Å². The van der Waals surface area contributed by atoms with Crippen molar-refractivity contribution >= 4 is 49.5 Å². The number of nitrogens with one attached hydrogen (secondary N) is 2. The first-order valence-electron chi connectivity index (χ1n) is 8.45. The maximum absolute atomic E-state index is 11.2. The molecule has 0 saturated carbocycles. The lowest BCUT2D eigenvalue weighted by atomic mass is 9.91. The van der Waals surface area contributed by atoms with Gasteiger partial charge in [0.25, 0.3) is 10.0 Å². The molecule has 1 aliphatic rings. The Hall–Kier alpha value is -1.82. The summed E-state index contributed by atoms with van der Waals surface area (Å²) in [5.74, 6) is 0. The molecule has 1 aromatic heterocycles. The molecule has 8 N–H and O–H groups in total. The zero-order valence-electron chi connectivity index (χ0n) is 15.1. The predicted molar refractivity (Wildman–Crippen MR) is 110 cm³/mol. The fourth-order valence-electron chi connectivity index (χ4n) is 2.77. The zero-order chi connectivity index (χ0) is 22.1. The van der Waals surface area contributed by atoms with Crippen LogP contribution in [0.1, 0.15) is 11.7 Å². The summed E-state index contributed by atoms with van der Waals surface area (Å²) >= 11 is 5.86. The first-order valence-corrected chi connectivity index (χ1v) is 11.2. The summed E-state index contributed by atoms with van der Waals surface area (Å²) < 4.78 is 27.6. The van der Waals surface area contributed by atoms with Crippen LogP contribution in [0.15, 0.2) is 28.6 Å². The fraction of sp³-hybridized carbons (Fsp3) is 0.400. The Morgan fingerprint density at radius 3 is 2.37 bits per heavy atom. The number of anilines is 2. The van der Waals surface area contributed by atoms with E-state index < -0.39 is 47.2 Å². The van der Waals surface area contributed by atoms with Crippen molar-refractivity contribution in [3.05, 3.63) is 29.8 Å². The molecule has 0 aliphatic carbocycles. The summed E-state index contributed by atoms with van der Waals surface area (Å²) in [6.45, 7) is -0.514. The van der Waals surface area contributed by atoms with Gasteiger partial charge < -0.3 is 35.8 Å². The Bertz CT molecular complexity index is 998. The lowest BCUT2D eigenvalue weighted by Crippen LogP contribution is -2.55. The largest absolute Gasteiger partial charge is 0.394 e. The number of ether oxygens (including phenoxy) is 1. The third kappa shape index (κ3) is 5.08. The van der Waals surface area contributed by atoms with Gasteiger partial charge in [0, 0.05) is 5.69 Å². The van der Waals surface area contributed by atoms with Crippen LogP contribution in [0.5, 0.6) is 0 Å². The first-order chi connectivity index (χ1) is 14.1. The number of benzene rings is 1. The van der Waals surface area contributed by atoms with Crippen LogP contribution in [-0.4, -0.2) is 75.2 Å². The zero-order valence-corrected chi connectivity index (χ0v) is 17.6. The average Bonchev–Trinajstić information content (AvgIpc) is 3.16. The molecule has 30 heavy (non-hydrogen) atoms. The highest BCUT2D eigenvalue weighted by atomic mass is 32.2. The predicted octanol–water partition coefficient (Wildman–Crippen LogP) is -1.49. The molecule has 1 saturated heterocycles. The molecule has 3 rings (SSSR count). The SMILES string of the molecule is NS(=O)(=O)c1nnc(NC(=S)Nc2ccc([C@H]3O[C@H](CO)[C@@H](O)[C@H](O)[C@@H]3O)cc2)s1. The molecular formula is C15H19N5O7S3. The maximum atomic E-state index is 11.2. The van der Waals surface area contributed by atoms with Gasteiger partial charge in [-0.2, -0.15) is 0 Å². The van der Waals surface area contributed by atoms with E-state index in [1.165, 1.54) is 0 Å². The van der Waals surface area contributed by atoms with Crippen LogP contribution in [0.3, 0.4) is 0 Å². The average molecular weight is 478 g/mol. The summed E-state index contributed by atoms with van der Waals surface area (Å²) in [5.41, 5.74) is 1.07. The molecule has 1 fully saturated rings. The molecule has 0 unspecified atom stereocenters. The van der Waals surface area contributed by atoms with Gasteiger partial charge in [-0.25, -0.2) is 13.6 Å². The van der Waals surface area contributed by atoms with Gasteiger partial charge in [-0.1, -0.05) is 23.5 Å².